The van der Waals surface area contributed by atoms with Gasteiger partial charge in [0.15, 0.2) is 6.10 Å². The fourth-order valence-corrected chi connectivity index (χ4v) is 2.05. The maximum Gasteiger partial charge on any atom is 0.159 e. The average Bonchev–Trinajstić information content (AvgIpc) is 2.51. The fraction of sp³-hybridized carbons (Fsp3) is 0.364. The lowest BCUT2D eigenvalue weighted by Gasteiger charge is -2.13. The monoisotopic (exact) mass is 209 g/mol. The van der Waals surface area contributed by atoms with E-state index in [0.29, 0.717) is 0 Å². The van der Waals surface area contributed by atoms with Crippen LogP contribution in [0.1, 0.15) is 30.6 Å². The summed E-state index contributed by atoms with van der Waals surface area (Å²) in [5.41, 5.74) is 3.25. The van der Waals surface area contributed by atoms with Crippen molar-refractivity contribution in [2.24, 2.45) is 5.16 Å². The third-order valence-corrected chi connectivity index (χ3v) is 2.74. The van der Waals surface area contributed by atoms with Crippen LogP contribution in [0.25, 0.3) is 0 Å². The van der Waals surface area contributed by atoms with Crippen molar-refractivity contribution in [2.45, 2.75) is 26.4 Å². The Balaban J connectivity index is 2.33. The van der Waals surface area contributed by atoms with Gasteiger partial charge in [-0.1, -0.05) is 28.9 Å². The molecule has 2 rings (SSSR count). The highest BCUT2D eigenvalue weighted by molar-refractivity contribution is 6.31. The second-order valence-electron chi connectivity index (χ2n) is 3.60. The quantitative estimate of drug-likeness (QED) is 0.694. The average molecular weight is 210 g/mol. The molecule has 0 radical (unpaired) electrons. The molecule has 0 saturated carbocycles. The van der Waals surface area contributed by atoms with Crippen molar-refractivity contribution >= 4 is 17.3 Å². The van der Waals surface area contributed by atoms with Gasteiger partial charge in [0.25, 0.3) is 0 Å². The molecule has 1 unspecified atom stereocenters. The summed E-state index contributed by atoms with van der Waals surface area (Å²) in [6.07, 6.45) is 0.841. The molecule has 1 aromatic carbocycles. The Morgan fingerprint density at radius 3 is 2.79 bits per heavy atom. The molecule has 14 heavy (non-hydrogen) atoms. The topological polar surface area (TPSA) is 21.6 Å². The fourth-order valence-electron chi connectivity index (χ4n) is 1.70. The predicted octanol–water partition coefficient (Wildman–Crippen LogP) is 3.49. The van der Waals surface area contributed by atoms with Crippen molar-refractivity contribution in [3.8, 4) is 0 Å². The van der Waals surface area contributed by atoms with Gasteiger partial charge in [-0.15, -0.1) is 0 Å². The van der Waals surface area contributed by atoms with Crippen LogP contribution in [-0.4, -0.2) is 5.71 Å². The number of oxime groups is 1. The molecule has 3 heteroatoms. The summed E-state index contributed by atoms with van der Waals surface area (Å²) >= 11 is 6.13. The molecule has 1 heterocycles. The van der Waals surface area contributed by atoms with Crippen LogP contribution in [0.4, 0.5) is 0 Å². The van der Waals surface area contributed by atoms with E-state index in [1.807, 2.05) is 32.0 Å². The Morgan fingerprint density at radius 2 is 2.21 bits per heavy atom. The van der Waals surface area contributed by atoms with Gasteiger partial charge in [0, 0.05) is 17.0 Å². The molecule has 0 amide bonds. The van der Waals surface area contributed by atoms with Crippen LogP contribution in [0.3, 0.4) is 0 Å². The first kappa shape index (κ1) is 9.53. The van der Waals surface area contributed by atoms with Crippen LogP contribution < -0.4 is 0 Å². The summed E-state index contributed by atoms with van der Waals surface area (Å²) < 4.78 is 0. The summed E-state index contributed by atoms with van der Waals surface area (Å²) in [6, 6.07) is 5.88. The van der Waals surface area contributed by atoms with Gasteiger partial charge in [-0.05, 0) is 25.5 Å². The molecule has 0 aliphatic carbocycles. The summed E-state index contributed by atoms with van der Waals surface area (Å²) in [4.78, 5) is 5.32. The Kier molecular flexibility index (Phi) is 2.46. The largest absolute Gasteiger partial charge is 0.387 e. The molecule has 0 saturated heterocycles. The second-order valence-corrected chi connectivity index (χ2v) is 4.00. The lowest BCUT2D eigenvalue weighted by Crippen LogP contribution is -2.01. The number of rotatable bonds is 1. The molecule has 74 valence electrons. The van der Waals surface area contributed by atoms with Crippen molar-refractivity contribution in [2.75, 3.05) is 0 Å². The van der Waals surface area contributed by atoms with Crippen LogP contribution in [0, 0.1) is 6.92 Å². The van der Waals surface area contributed by atoms with Crippen molar-refractivity contribution in [1.82, 2.24) is 0 Å². The molecule has 2 nitrogen and oxygen atoms in total. The number of aryl methyl sites for hydroxylation is 1. The minimum atomic E-state index is 0.00343. The molecule has 1 aliphatic heterocycles. The van der Waals surface area contributed by atoms with Crippen LogP contribution in [0.5, 0.6) is 0 Å². The predicted molar refractivity (Wildman–Crippen MR) is 57.7 cm³/mol. The molecule has 0 spiro atoms. The van der Waals surface area contributed by atoms with Gasteiger partial charge in [-0.2, -0.15) is 0 Å². The molecule has 1 atom stereocenters. The number of nitrogens with zero attached hydrogens (tertiary/aromatic N) is 1. The SMILES string of the molecule is CC1=NOC(c2c(C)cccc2Cl)C1. The summed E-state index contributed by atoms with van der Waals surface area (Å²) in [5.74, 6) is 0. The van der Waals surface area contributed by atoms with Gasteiger partial charge < -0.3 is 4.84 Å². The van der Waals surface area contributed by atoms with Crippen molar-refractivity contribution in [3.63, 3.8) is 0 Å². The molecule has 0 N–H and O–H groups in total. The third-order valence-electron chi connectivity index (χ3n) is 2.41. The minimum absolute atomic E-state index is 0.00343. The van der Waals surface area contributed by atoms with E-state index in [-0.39, 0.29) is 6.10 Å². The van der Waals surface area contributed by atoms with E-state index in [2.05, 4.69) is 5.16 Å². The maximum atomic E-state index is 6.13. The van der Waals surface area contributed by atoms with Crippen LogP contribution >= 0.6 is 11.6 Å². The second kappa shape index (κ2) is 3.62. The standard InChI is InChI=1S/C11H12ClNO/c1-7-4-3-5-9(12)11(7)10-6-8(2)13-14-10/h3-5,10H,6H2,1-2H3. The first-order valence-electron chi connectivity index (χ1n) is 4.63. The van der Waals surface area contributed by atoms with Gasteiger partial charge in [0.2, 0.25) is 0 Å². The van der Waals surface area contributed by atoms with Crippen molar-refractivity contribution in [3.05, 3.63) is 34.3 Å². The number of hydrogen-bond acceptors (Lipinski definition) is 2. The third kappa shape index (κ3) is 1.62. The van der Waals surface area contributed by atoms with E-state index in [1.165, 1.54) is 0 Å². The van der Waals surface area contributed by atoms with Gasteiger partial charge in [-0.25, -0.2) is 0 Å². The van der Waals surface area contributed by atoms with Crippen molar-refractivity contribution < 1.29 is 4.84 Å². The van der Waals surface area contributed by atoms with E-state index in [9.17, 15) is 0 Å². The van der Waals surface area contributed by atoms with E-state index < -0.39 is 0 Å². The summed E-state index contributed by atoms with van der Waals surface area (Å²) in [5, 5.41) is 4.70. The smallest absolute Gasteiger partial charge is 0.159 e. The minimum Gasteiger partial charge on any atom is -0.387 e. The molecule has 1 aromatic rings. The zero-order chi connectivity index (χ0) is 10.1. The van der Waals surface area contributed by atoms with Crippen LogP contribution in [-0.2, 0) is 4.84 Å². The molecule has 1 aliphatic rings. The van der Waals surface area contributed by atoms with E-state index in [4.69, 9.17) is 16.4 Å². The van der Waals surface area contributed by atoms with Crippen LogP contribution in [0.15, 0.2) is 23.4 Å². The Morgan fingerprint density at radius 1 is 1.43 bits per heavy atom. The molecular weight excluding hydrogens is 198 g/mol. The zero-order valence-corrected chi connectivity index (χ0v) is 9.01. The Hall–Kier alpha value is -1.02. The lowest BCUT2D eigenvalue weighted by molar-refractivity contribution is 0.0853. The highest BCUT2D eigenvalue weighted by Gasteiger charge is 2.23. The molecule has 0 fully saturated rings. The van der Waals surface area contributed by atoms with Gasteiger partial charge in [-0.3, -0.25) is 0 Å². The number of halogens is 1. The van der Waals surface area contributed by atoms with E-state index >= 15 is 0 Å². The highest BCUT2D eigenvalue weighted by Crippen LogP contribution is 2.34. The Bertz CT molecular complexity index is 367. The number of hydrogen-bond donors (Lipinski definition) is 0. The Labute approximate surface area is 88.5 Å². The van der Waals surface area contributed by atoms with Crippen LogP contribution in [0.2, 0.25) is 5.02 Å². The lowest BCUT2D eigenvalue weighted by atomic mass is 10.0. The molecule has 0 bridgehead atoms. The number of benzene rings is 1. The summed E-state index contributed by atoms with van der Waals surface area (Å²) in [6.45, 7) is 4.00. The molecular formula is C11H12ClNO. The van der Waals surface area contributed by atoms with E-state index in [0.717, 1.165) is 28.3 Å². The normalized spacial score (nSPS) is 20.5. The molecule has 0 aromatic heterocycles. The highest BCUT2D eigenvalue weighted by atomic mass is 35.5. The van der Waals surface area contributed by atoms with Gasteiger partial charge >= 0.3 is 0 Å². The first-order chi connectivity index (χ1) is 6.68. The van der Waals surface area contributed by atoms with Crippen molar-refractivity contribution in [1.29, 1.82) is 0 Å². The first-order valence-corrected chi connectivity index (χ1v) is 5.00. The van der Waals surface area contributed by atoms with E-state index in [1.54, 1.807) is 0 Å². The summed E-state index contributed by atoms with van der Waals surface area (Å²) in [7, 11) is 0. The maximum absolute atomic E-state index is 6.13. The van der Waals surface area contributed by atoms with Gasteiger partial charge in [0.1, 0.15) is 0 Å². The van der Waals surface area contributed by atoms with Gasteiger partial charge in [0.05, 0.1) is 5.71 Å². The zero-order valence-electron chi connectivity index (χ0n) is 8.25.